The molecule has 3 heteroatoms. The quantitative estimate of drug-likeness (QED) is 0.826. The molecule has 1 N–H and O–H groups in total. The largest absolute Gasteiger partial charge is 0.491 e. The van der Waals surface area contributed by atoms with Gasteiger partial charge in [0.15, 0.2) is 0 Å². The summed E-state index contributed by atoms with van der Waals surface area (Å²) in [5.41, 5.74) is 0.982. The molecule has 0 fully saturated rings. The fourth-order valence-corrected chi connectivity index (χ4v) is 2.27. The Morgan fingerprint density at radius 3 is 2.89 bits per heavy atom. The first-order chi connectivity index (χ1) is 9.35. The molecule has 1 aromatic carbocycles. The van der Waals surface area contributed by atoms with Crippen LogP contribution in [0.15, 0.2) is 36.5 Å². The second-order valence-electron chi connectivity index (χ2n) is 4.68. The number of aromatic nitrogens is 1. The van der Waals surface area contributed by atoms with E-state index < -0.39 is 0 Å². The first-order valence-corrected chi connectivity index (χ1v) is 7.05. The summed E-state index contributed by atoms with van der Waals surface area (Å²) in [5.74, 6) is 0.921. The van der Waals surface area contributed by atoms with E-state index in [1.54, 1.807) is 0 Å². The highest BCUT2D eigenvalue weighted by Crippen LogP contribution is 2.23. The number of nitrogens with zero attached hydrogens (tertiary/aromatic N) is 1. The standard InChI is InChI=1S/C16H22N2O/c1-3-7-13(17-4-2)12-19-16-10-5-9-15-14(16)8-6-11-18-15/h5-6,8-11,13,17H,3-4,7,12H2,1-2H3. The first-order valence-electron chi connectivity index (χ1n) is 7.05. The lowest BCUT2D eigenvalue weighted by atomic mass is 10.1. The van der Waals surface area contributed by atoms with E-state index in [4.69, 9.17) is 4.74 Å². The van der Waals surface area contributed by atoms with Gasteiger partial charge in [0.05, 0.1) is 5.52 Å². The zero-order chi connectivity index (χ0) is 13.5. The van der Waals surface area contributed by atoms with Crippen LogP contribution in [-0.2, 0) is 0 Å². The fourth-order valence-electron chi connectivity index (χ4n) is 2.27. The minimum atomic E-state index is 0.418. The van der Waals surface area contributed by atoms with E-state index in [9.17, 15) is 0 Å². The number of benzene rings is 1. The van der Waals surface area contributed by atoms with Crippen LogP contribution in [0.2, 0.25) is 0 Å². The summed E-state index contributed by atoms with van der Waals surface area (Å²) in [6.45, 7) is 6.01. The van der Waals surface area contributed by atoms with Crippen LogP contribution in [0.1, 0.15) is 26.7 Å². The Hall–Kier alpha value is -1.61. The van der Waals surface area contributed by atoms with Crippen molar-refractivity contribution in [3.05, 3.63) is 36.5 Å². The van der Waals surface area contributed by atoms with Gasteiger partial charge in [-0.3, -0.25) is 4.98 Å². The normalized spacial score (nSPS) is 12.5. The van der Waals surface area contributed by atoms with Gasteiger partial charge in [-0.1, -0.05) is 26.3 Å². The highest BCUT2D eigenvalue weighted by atomic mass is 16.5. The molecule has 0 spiro atoms. The average Bonchev–Trinajstić information content (AvgIpc) is 2.45. The maximum Gasteiger partial charge on any atom is 0.128 e. The summed E-state index contributed by atoms with van der Waals surface area (Å²) in [7, 11) is 0. The molecule has 3 nitrogen and oxygen atoms in total. The summed E-state index contributed by atoms with van der Waals surface area (Å²) in [6.07, 6.45) is 4.11. The molecule has 0 aliphatic carbocycles. The lowest BCUT2D eigenvalue weighted by Gasteiger charge is -2.18. The van der Waals surface area contributed by atoms with Gasteiger partial charge in [-0.2, -0.15) is 0 Å². The van der Waals surface area contributed by atoms with Crippen molar-refractivity contribution in [2.75, 3.05) is 13.2 Å². The number of hydrogen-bond acceptors (Lipinski definition) is 3. The average molecular weight is 258 g/mol. The molecule has 1 unspecified atom stereocenters. The van der Waals surface area contributed by atoms with Crippen molar-refractivity contribution in [2.45, 2.75) is 32.7 Å². The fraction of sp³-hybridized carbons (Fsp3) is 0.438. The number of rotatable bonds is 7. The van der Waals surface area contributed by atoms with Crippen LogP contribution >= 0.6 is 0 Å². The molecule has 0 amide bonds. The van der Waals surface area contributed by atoms with E-state index >= 15 is 0 Å². The Bertz CT molecular complexity index is 502. The molecule has 1 atom stereocenters. The number of nitrogens with one attached hydrogen (secondary N) is 1. The van der Waals surface area contributed by atoms with Gasteiger partial charge in [-0.05, 0) is 37.2 Å². The second kappa shape index (κ2) is 7.10. The van der Waals surface area contributed by atoms with E-state index in [2.05, 4.69) is 30.2 Å². The lowest BCUT2D eigenvalue weighted by molar-refractivity contribution is 0.260. The SMILES string of the molecule is CCCC(COc1cccc2ncccc12)NCC. The monoisotopic (exact) mass is 258 g/mol. The lowest BCUT2D eigenvalue weighted by Crippen LogP contribution is -2.34. The van der Waals surface area contributed by atoms with E-state index in [1.165, 1.54) is 0 Å². The van der Waals surface area contributed by atoms with E-state index in [1.807, 2.05) is 30.5 Å². The molecule has 0 aliphatic heterocycles. The molecular weight excluding hydrogens is 236 g/mol. The number of pyridine rings is 1. The highest BCUT2D eigenvalue weighted by molar-refractivity contribution is 5.84. The van der Waals surface area contributed by atoms with Crippen LogP contribution in [0.4, 0.5) is 0 Å². The Balaban J connectivity index is 2.08. The molecule has 0 bridgehead atoms. The number of ether oxygens (including phenoxy) is 1. The molecule has 0 saturated carbocycles. The number of fused-ring (bicyclic) bond motifs is 1. The van der Waals surface area contributed by atoms with Gasteiger partial charge in [-0.15, -0.1) is 0 Å². The highest BCUT2D eigenvalue weighted by Gasteiger charge is 2.08. The van der Waals surface area contributed by atoms with Crippen LogP contribution in [-0.4, -0.2) is 24.2 Å². The minimum absolute atomic E-state index is 0.418. The van der Waals surface area contributed by atoms with Crippen molar-refractivity contribution in [1.82, 2.24) is 10.3 Å². The molecular formula is C16H22N2O. The van der Waals surface area contributed by atoms with Crippen molar-refractivity contribution in [3.8, 4) is 5.75 Å². The van der Waals surface area contributed by atoms with Crippen molar-refractivity contribution in [1.29, 1.82) is 0 Å². The van der Waals surface area contributed by atoms with Crippen LogP contribution in [0.3, 0.4) is 0 Å². The molecule has 0 saturated heterocycles. The molecule has 1 aromatic heterocycles. The smallest absolute Gasteiger partial charge is 0.128 e. The van der Waals surface area contributed by atoms with Gasteiger partial charge < -0.3 is 10.1 Å². The second-order valence-corrected chi connectivity index (χ2v) is 4.68. The van der Waals surface area contributed by atoms with Crippen molar-refractivity contribution >= 4 is 10.9 Å². The zero-order valence-electron chi connectivity index (χ0n) is 11.7. The molecule has 102 valence electrons. The van der Waals surface area contributed by atoms with Crippen LogP contribution in [0.25, 0.3) is 10.9 Å². The summed E-state index contributed by atoms with van der Waals surface area (Å²) in [4.78, 5) is 4.35. The van der Waals surface area contributed by atoms with Crippen LogP contribution in [0, 0.1) is 0 Å². The number of likely N-dealkylation sites (N-methyl/N-ethyl adjacent to an activating group) is 1. The first kappa shape index (κ1) is 13.8. The minimum Gasteiger partial charge on any atom is -0.491 e. The van der Waals surface area contributed by atoms with Crippen LogP contribution < -0.4 is 10.1 Å². The summed E-state index contributed by atoms with van der Waals surface area (Å²) < 4.78 is 5.98. The van der Waals surface area contributed by atoms with E-state index in [0.717, 1.165) is 36.0 Å². The maximum atomic E-state index is 5.98. The predicted octanol–water partition coefficient (Wildman–Crippen LogP) is 3.39. The Morgan fingerprint density at radius 1 is 1.21 bits per heavy atom. The Kier molecular flexibility index (Phi) is 5.16. The molecule has 19 heavy (non-hydrogen) atoms. The summed E-state index contributed by atoms with van der Waals surface area (Å²) in [5, 5.41) is 4.54. The Morgan fingerprint density at radius 2 is 2.11 bits per heavy atom. The molecule has 0 aliphatic rings. The Labute approximate surface area is 115 Å². The van der Waals surface area contributed by atoms with E-state index in [-0.39, 0.29) is 0 Å². The van der Waals surface area contributed by atoms with Crippen molar-refractivity contribution in [2.24, 2.45) is 0 Å². The van der Waals surface area contributed by atoms with Gasteiger partial charge in [0.1, 0.15) is 12.4 Å². The predicted molar refractivity (Wildman–Crippen MR) is 79.6 cm³/mol. The van der Waals surface area contributed by atoms with Gasteiger partial charge in [-0.25, -0.2) is 0 Å². The molecule has 1 heterocycles. The van der Waals surface area contributed by atoms with Crippen molar-refractivity contribution < 1.29 is 4.74 Å². The zero-order valence-corrected chi connectivity index (χ0v) is 11.7. The summed E-state index contributed by atoms with van der Waals surface area (Å²) >= 11 is 0. The maximum absolute atomic E-state index is 5.98. The van der Waals surface area contributed by atoms with Gasteiger partial charge in [0.25, 0.3) is 0 Å². The van der Waals surface area contributed by atoms with E-state index in [0.29, 0.717) is 12.6 Å². The molecule has 0 radical (unpaired) electrons. The topological polar surface area (TPSA) is 34.1 Å². The molecule has 2 aromatic rings. The third-order valence-electron chi connectivity index (χ3n) is 3.18. The van der Waals surface area contributed by atoms with Gasteiger partial charge in [0.2, 0.25) is 0 Å². The molecule has 2 rings (SSSR count). The van der Waals surface area contributed by atoms with Crippen LogP contribution in [0.5, 0.6) is 5.75 Å². The third kappa shape index (κ3) is 3.67. The van der Waals surface area contributed by atoms with Gasteiger partial charge in [0, 0.05) is 17.6 Å². The third-order valence-corrected chi connectivity index (χ3v) is 3.18. The summed E-state index contributed by atoms with van der Waals surface area (Å²) in [6, 6.07) is 10.4. The van der Waals surface area contributed by atoms with Gasteiger partial charge >= 0.3 is 0 Å². The van der Waals surface area contributed by atoms with Crippen molar-refractivity contribution in [3.63, 3.8) is 0 Å². The number of hydrogen-bond donors (Lipinski definition) is 1.